The standard InChI is InChI=1S/C31H50N6O3S2/c1-4-5-6-7-8-9-10-11-12-13-14-15-16-17-18-19-20-21-22-23-28(38)34-24-26-41-42-27-25-40-31(39)36-29(32)35-30(33)37(2)3/h5-6,8-9,11-12,14-15,17-18,20-21H,4,7,10,13,16,19,22-27H2,1-3H3,(H,34,38)(H4,32,33,35,36,39)/b6-5-,9-8-,12-11-,15-14-,18-17-,21-20-. The number of guanidine groups is 2. The second-order valence-corrected chi connectivity index (χ2v) is 11.6. The average Bonchev–Trinajstić information content (AvgIpc) is 2.95. The zero-order valence-corrected chi connectivity index (χ0v) is 27.1. The van der Waals surface area contributed by atoms with Crippen LogP contribution in [0.25, 0.3) is 0 Å². The van der Waals surface area contributed by atoms with Gasteiger partial charge in [0, 0.05) is 38.6 Å². The normalized spacial score (nSPS) is 12.5. The van der Waals surface area contributed by atoms with Crippen LogP contribution >= 0.6 is 21.6 Å². The Hall–Kier alpha value is -3.18. The highest BCUT2D eigenvalue weighted by Gasteiger charge is 2.06. The first-order valence-corrected chi connectivity index (χ1v) is 16.8. The summed E-state index contributed by atoms with van der Waals surface area (Å²) in [6, 6.07) is 0. The molecule has 0 radical (unpaired) electrons. The van der Waals surface area contributed by atoms with E-state index in [1.54, 1.807) is 35.7 Å². The topological polar surface area (TPSA) is 133 Å². The monoisotopic (exact) mass is 618 g/mol. The fourth-order valence-electron chi connectivity index (χ4n) is 2.84. The van der Waals surface area contributed by atoms with Gasteiger partial charge in [-0.3, -0.25) is 15.5 Å². The SMILES string of the molecule is CC/C=C\C/C=C\C/C=C\C/C=C\C/C=C\C/C=C\CCC(=O)NCCSSCCOC(=O)N/C(N)=N/C(=N)N(C)C. The third kappa shape index (κ3) is 28.4. The molecule has 0 fully saturated rings. The number of amides is 2. The predicted molar refractivity (Wildman–Crippen MR) is 183 cm³/mol. The molecule has 0 aliphatic rings. The van der Waals surface area contributed by atoms with Gasteiger partial charge in [-0.1, -0.05) is 101 Å². The Morgan fingerprint density at radius 2 is 1.33 bits per heavy atom. The van der Waals surface area contributed by atoms with Crippen LogP contribution in [0.1, 0.15) is 58.3 Å². The molecular formula is C31H50N6O3S2. The quantitative estimate of drug-likeness (QED) is 0.0379. The highest BCUT2D eigenvalue weighted by Crippen LogP contribution is 2.19. The molecule has 0 aromatic heterocycles. The highest BCUT2D eigenvalue weighted by atomic mass is 33.1. The Labute approximate surface area is 260 Å². The van der Waals surface area contributed by atoms with Crippen molar-refractivity contribution in [2.45, 2.75) is 58.3 Å². The van der Waals surface area contributed by atoms with Crippen LogP contribution in [-0.4, -0.2) is 67.6 Å². The first kappa shape index (κ1) is 38.8. The van der Waals surface area contributed by atoms with Crippen LogP contribution in [0.2, 0.25) is 0 Å². The van der Waals surface area contributed by atoms with Crippen LogP contribution in [0.4, 0.5) is 4.79 Å². The van der Waals surface area contributed by atoms with E-state index in [-0.39, 0.29) is 24.4 Å². The van der Waals surface area contributed by atoms with Crippen molar-refractivity contribution in [3.63, 3.8) is 0 Å². The number of carbonyl (C=O) groups is 2. The molecular weight excluding hydrogens is 569 g/mol. The molecule has 0 aliphatic heterocycles. The van der Waals surface area contributed by atoms with Gasteiger partial charge in [-0.2, -0.15) is 4.99 Å². The van der Waals surface area contributed by atoms with Gasteiger partial charge in [0.15, 0.2) is 0 Å². The van der Waals surface area contributed by atoms with Crippen molar-refractivity contribution in [2.75, 3.05) is 38.8 Å². The summed E-state index contributed by atoms with van der Waals surface area (Å²) in [6.45, 7) is 2.94. The molecule has 5 N–H and O–H groups in total. The summed E-state index contributed by atoms with van der Waals surface area (Å²) >= 11 is 0. The first-order valence-electron chi connectivity index (χ1n) is 14.3. The molecule has 0 saturated heterocycles. The third-order valence-electron chi connectivity index (χ3n) is 5.01. The Morgan fingerprint density at radius 1 is 0.833 bits per heavy atom. The Balaban J connectivity index is 3.63. The van der Waals surface area contributed by atoms with Gasteiger partial charge in [0.2, 0.25) is 17.8 Å². The molecule has 11 heteroatoms. The van der Waals surface area contributed by atoms with Crippen molar-refractivity contribution in [2.24, 2.45) is 10.7 Å². The zero-order valence-electron chi connectivity index (χ0n) is 25.4. The van der Waals surface area contributed by atoms with Crippen molar-refractivity contribution in [1.82, 2.24) is 15.5 Å². The molecule has 0 aliphatic carbocycles. The fraction of sp³-hybridized carbons (Fsp3) is 0.484. The van der Waals surface area contributed by atoms with Crippen LogP contribution in [0.15, 0.2) is 77.9 Å². The lowest BCUT2D eigenvalue weighted by atomic mass is 10.2. The van der Waals surface area contributed by atoms with Gasteiger partial charge < -0.3 is 20.7 Å². The van der Waals surface area contributed by atoms with Crippen molar-refractivity contribution >= 4 is 45.5 Å². The van der Waals surface area contributed by atoms with Gasteiger partial charge in [-0.25, -0.2) is 4.79 Å². The summed E-state index contributed by atoms with van der Waals surface area (Å²) in [5, 5.41) is 12.7. The summed E-state index contributed by atoms with van der Waals surface area (Å²) in [7, 11) is 6.44. The minimum Gasteiger partial charge on any atom is -0.448 e. The van der Waals surface area contributed by atoms with Crippen molar-refractivity contribution in [3.8, 4) is 0 Å². The number of hydrogen-bond donors (Lipinski definition) is 4. The van der Waals surface area contributed by atoms with Gasteiger partial charge in [0.05, 0.1) is 0 Å². The maximum absolute atomic E-state index is 11.9. The largest absolute Gasteiger partial charge is 0.448 e. The lowest BCUT2D eigenvalue weighted by Gasteiger charge is -2.10. The minimum atomic E-state index is -0.715. The van der Waals surface area contributed by atoms with E-state index in [1.165, 1.54) is 4.90 Å². The molecule has 0 aromatic rings. The van der Waals surface area contributed by atoms with Crippen molar-refractivity contribution in [3.05, 3.63) is 72.9 Å². The highest BCUT2D eigenvalue weighted by molar-refractivity contribution is 8.76. The molecule has 0 spiro atoms. The van der Waals surface area contributed by atoms with E-state index < -0.39 is 6.09 Å². The molecule has 234 valence electrons. The maximum Gasteiger partial charge on any atom is 0.413 e. The van der Waals surface area contributed by atoms with Crippen LogP contribution in [0.3, 0.4) is 0 Å². The van der Waals surface area contributed by atoms with Crippen molar-refractivity contribution < 1.29 is 14.3 Å². The molecule has 42 heavy (non-hydrogen) atoms. The van der Waals surface area contributed by atoms with E-state index in [4.69, 9.17) is 15.9 Å². The van der Waals surface area contributed by atoms with Crippen molar-refractivity contribution in [1.29, 1.82) is 5.41 Å². The van der Waals surface area contributed by atoms with E-state index in [9.17, 15) is 9.59 Å². The number of nitrogens with one attached hydrogen (secondary N) is 3. The number of hydrogen-bond acceptors (Lipinski definition) is 6. The Morgan fingerprint density at radius 3 is 1.86 bits per heavy atom. The van der Waals surface area contributed by atoms with Crippen LogP contribution in [-0.2, 0) is 9.53 Å². The smallest absolute Gasteiger partial charge is 0.413 e. The number of nitrogens with zero attached hydrogens (tertiary/aromatic N) is 2. The number of allylic oxidation sites excluding steroid dienone is 12. The van der Waals surface area contributed by atoms with E-state index >= 15 is 0 Å². The predicted octanol–water partition coefficient (Wildman–Crippen LogP) is 6.50. The Bertz CT molecular complexity index is 956. The van der Waals surface area contributed by atoms with E-state index in [2.05, 4.69) is 89.4 Å². The van der Waals surface area contributed by atoms with E-state index in [1.807, 2.05) is 6.08 Å². The number of aliphatic imine (C=N–C) groups is 1. The maximum atomic E-state index is 11.9. The molecule has 9 nitrogen and oxygen atoms in total. The zero-order chi connectivity index (χ0) is 31.1. The summed E-state index contributed by atoms with van der Waals surface area (Å²) in [6.07, 6.45) is 32.3. The van der Waals surface area contributed by atoms with Gasteiger partial charge >= 0.3 is 6.09 Å². The molecule has 2 amide bonds. The van der Waals surface area contributed by atoms with Gasteiger partial charge in [-0.05, 0) is 44.9 Å². The second kappa shape index (κ2) is 29.3. The minimum absolute atomic E-state index is 0.0433. The third-order valence-corrected chi connectivity index (χ3v) is 7.38. The first-order chi connectivity index (χ1) is 20.4. The number of alkyl carbamates (subject to hydrolysis) is 1. The lowest BCUT2D eigenvalue weighted by molar-refractivity contribution is -0.120. The summed E-state index contributed by atoms with van der Waals surface area (Å²) < 4.78 is 5.01. The Kier molecular flexibility index (Phi) is 27.1. The molecule has 0 unspecified atom stereocenters. The number of rotatable bonds is 21. The van der Waals surface area contributed by atoms with Crippen LogP contribution < -0.4 is 16.4 Å². The van der Waals surface area contributed by atoms with E-state index in [0.717, 1.165) is 50.7 Å². The summed E-state index contributed by atoms with van der Waals surface area (Å²) in [4.78, 5) is 28.7. The number of nitrogens with two attached hydrogens (primary N) is 1. The van der Waals surface area contributed by atoms with E-state index in [0.29, 0.717) is 18.7 Å². The molecule has 0 rings (SSSR count). The average molecular weight is 619 g/mol. The molecule has 0 heterocycles. The summed E-state index contributed by atoms with van der Waals surface area (Å²) in [5.74, 6) is 1.12. The number of ether oxygens (including phenoxy) is 1. The van der Waals surface area contributed by atoms with Crippen LogP contribution in [0, 0.1) is 5.41 Å². The molecule has 0 saturated carbocycles. The van der Waals surface area contributed by atoms with Gasteiger partial charge in [-0.15, -0.1) is 0 Å². The lowest BCUT2D eigenvalue weighted by Crippen LogP contribution is -2.39. The van der Waals surface area contributed by atoms with Crippen LogP contribution in [0.5, 0.6) is 0 Å². The molecule has 0 aromatic carbocycles. The van der Waals surface area contributed by atoms with Gasteiger partial charge in [0.1, 0.15) is 6.61 Å². The second-order valence-electron chi connectivity index (χ2n) is 8.92. The number of carbonyl (C=O) groups excluding carboxylic acids is 2. The molecule has 0 bridgehead atoms. The molecule has 0 atom stereocenters. The fourth-order valence-corrected chi connectivity index (χ4v) is 4.58. The van der Waals surface area contributed by atoms with Gasteiger partial charge in [0.25, 0.3) is 0 Å². The summed E-state index contributed by atoms with van der Waals surface area (Å²) in [5.41, 5.74) is 5.54.